The zero-order valence-electron chi connectivity index (χ0n) is 14.5. The SMILES string of the molecule is COC(=O)C1(NC(=O)c2sc3ncn(C)c(=O)c3c2C)CCCCC1. The van der Waals surface area contributed by atoms with Crippen molar-refractivity contribution in [1.29, 1.82) is 0 Å². The van der Waals surface area contributed by atoms with Gasteiger partial charge in [0.25, 0.3) is 11.5 Å². The number of hydrogen-bond donors (Lipinski definition) is 1. The number of aryl methyl sites for hydroxylation is 2. The Bertz CT molecular complexity index is 893. The number of fused-ring (bicyclic) bond motifs is 1. The molecule has 0 aliphatic heterocycles. The van der Waals surface area contributed by atoms with E-state index in [4.69, 9.17) is 4.74 Å². The molecule has 1 N–H and O–H groups in total. The lowest BCUT2D eigenvalue weighted by atomic mass is 9.81. The molecule has 1 aliphatic carbocycles. The fourth-order valence-electron chi connectivity index (χ4n) is 3.43. The van der Waals surface area contributed by atoms with Gasteiger partial charge in [-0.1, -0.05) is 19.3 Å². The van der Waals surface area contributed by atoms with E-state index in [2.05, 4.69) is 10.3 Å². The van der Waals surface area contributed by atoms with Crippen LogP contribution in [-0.2, 0) is 16.6 Å². The average Bonchev–Trinajstić information content (AvgIpc) is 2.95. The monoisotopic (exact) mass is 363 g/mol. The van der Waals surface area contributed by atoms with Crippen molar-refractivity contribution >= 4 is 33.4 Å². The summed E-state index contributed by atoms with van der Waals surface area (Å²) in [4.78, 5) is 42.7. The maximum Gasteiger partial charge on any atom is 0.331 e. The normalized spacial score (nSPS) is 16.6. The highest BCUT2D eigenvalue weighted by atomic mass is 32.1. The minimum Gasteiger partial charge on any atom is -0.467 e. The van der Waals surface area contributed by atoms with Crippen molar-refractivity contribution in [3.8, 4) is 0 Å². The Morgan fingerprint density at radius 3 is 2.64 bits per heavy atom. The molecule has 7 nitrogen and oxygen atoms in total. The molecule has 2 aromatic heterocycles. The van der Waals surface area contributed by atoms with Crippen LogP contribution < -0.4 is 10.9 Å². The molecule has 1 aliphatic rings. The molecule has 0 radical (unpaired) electrons. The number of esters is 1. The highest BCUT2D eigenvalue weighted by Gasteiger charge is 2.42. The number of thiophene rings is 1. The van der Waals surface area contributed by atoms with Gasteiger partial charge in [-0.05, 0) is 25.3 Å². The highest BCUT2D eigenvalue weighted by molar-refractivity contribution is 7.20. The zero-order chi connectivity index (χ0) is 18.2. The molecule has 2 aromatic rings. The Labute approximate surface area is 149 Å². The van der Waals surface area contributed by atoms with E-state index < -0.39 is 11.5 Å². The second kappa shape index (κ2) is 6.59. The van der Waals surface area contributed by atoms with Gasteiger partial charge in [0.2, 0.25) is 0 Å². The predicted octanol–water partition coefficient (Wildman–Crippen LogP) is 1.91. The molecular formula is C17H21N3O4S. The first-order chi connectivity index (χ1) is 11.9. The molecule has 3 rings (SSSR count). The third-order valence-corrected chi connectivity index (χ3v) is 6.05. The molecule has 0 unspecified atom stereocenters. The van der Waals surface area contributed by atoms with E-state index >= 15 is 0 Å². The molecule has 25 heavy (non-hydrogen) atoms. The third-order valence-electron chi connectivity index (χ3n) is 4.85. The van der Waals surface area contributed by atoms with Crippen LogP contribution in [0.5, 0.6) is 0 Å². The van der Waals surface area contributed by atoms with E-state index in [1.165, 1.54) is 29.3 Å². The maximum atomic E-state index is 12.9. The van der Waals surface area contributed by atoms with Crippen molar-refractivity contribution in [2.24, 2.45) is 7.05 Å². The summed E-state index contributed by atoms with van der Waals surface area (Å²) in [5.41, 5.74) is -0.564. The van der Waals surface area contributed by atoms with Crippen molar-refractivity contribution in [2.45, 2.75) is 44.6 Å². The first kappa shape index (κ1) is 17.6. The molecule has 0 aromatic carbocycles. The Morgan fingerprint density at radius 1 is 1.32 bits per heavy atom. The molecule has 8 heteroatoms. The van der Waals surface area contributed by atoms with Gasteiger partial charge in [0.05, 0.1) is 23.7 Å². The first-order valence-electron chi connectivity index (χ1n) is 8.25. The van der Waals surface area contributed by atoms with Crippen molar-refractivity contribution in [2.75, 3.05) is 7.11 Å². The summed E-state index contributed by atoms with van der Waals surface area (Å²) >= 11 is 1.17. The van der Waals surface area contributed by atoms with Crippen LogP contribution in [0.25, 0.3) is 10.2 Å². The summed E-state index contributed by atoms with van der Waals surface area (Å²) in [6.07, 6.45) is 5.34. The average molecular weight is 363 g/mol. The van der Waals surface area contributed by atoms with E-state index in [1.54, 1.807) is 14.0 Å². The van der Waals surface area contributed by atoms with Gasteiger partial charge in [0.1, 0.15) is 10.4 Å². The largest absolute Gasteiger partial charge is 0.467 e. The van der Waals surface area contributed by atoms with Crippen LogP contribution in [0, 0.1) is 6.92 Å². The van der Waals surface area contributed by atoms with Crippen LogP contribution in [0.4, 0.5) is 0 Å². The molecule has 0 spiro atoms. The molecule has 1 amide bonds. The van der Waals surface area contributed by atoms with E-state index in [1.807, 2.05) is 0 Å². The topological polar surface area (TPSA) is 90.3 Å². The lowest BCUT2D eigenvalue weighted by molar-refractivity contribution is -0.149. The number of ether oxygens (including phenoxy) is 1. The summed E-state index contributed by atoms with van der Waals surface area (Å²) in [5.74, 6) is -0.761. The Kier molecular flexibility index (Phi) is 4.64. The summed E-state index contributed by atoms with van der Waals surface area (Å²) in [5, 5.41) is 3.35. The molecule has 1 saturated carbocycles. The van der Waals surface area contributed by atoms with Gasteiger partial charge in [-0.3, -0.25) is 9.59 Å². The second-order valence-corrected chi connectivity index (χ2v) is 7.48. The number of hydrogen-bond acceptors (Lipinski definition) is 6. The number of rotatable bonds is 3. The van der Waals surface area contributed by atoms with E-state index in [-0.39, 0.29) is 11.5 Å². The predicted molar refractivity (Wildman–Crippen MR) is 94.9 cm³/mol. The molecule has 134 valence electrons. The Balaban J connectivity index is 1.99. The smallest absolute Gasteiger partial charge is 0.331 e. The molecule has 0 saturated heterocycles. The molecule has 1 fully saturated rings. The summed E-state index contributed by atoms with van der Waals surface area (Å²) in [7, 11) is 2.96. The van der Waals surface area contributed by atoms with Crippen molar-refractivity contribution < 1.29 is 14.3 Å². The number of nitrogens with zero attached hydrogens (tertiary/aromatic N) is 2. The number of amides is 1. The van der Waals surface area contributed by atoms with E-state index in [0.29, 0.717) is 33.5 Å². The highest BCUT2D eigenvalue weighted by Crippen LogP contribution is 2.32. The summed E-state index contributed by atoms with van der Waals surface area (Å²) in [6.45, 7) is 1.74. The molecular weight excluding hydrogens is 342 g/mol. The molecule has 0 atom stereocenters. The van der Waals surface area contributed by atoms with Crippen molar-refractivity contribution in [3.63, 3.8) is 0 Å². The summed E-state index contributed by atoms with van der Waals surface area (Å²) in [6, 6.07) is 0. The van der Waals surface area contributed by atoms with Gasteiger partial charge in [0, 0.05) is 7.05 Å². The van der Waals surface area contributed by atoms with Crippen LogP contribution in [0.1, 0.15) is 47.3 Å². The molecule has 0 bridgehead atoms. The Hall–Kier alpha value is -2.22. The second-order valence-electron chi connectivity index (χ2n) is 6.49. The maximum absolute atomic E-state index is 12.9. The molecule has 2 heterocycles. The first-order valence-corrected chi connectivity index (χ1v) is 9.07. The quantitative estimate of drug-likeness (QED) is 0.841. The van der Waals surface area contributed by atoms with Crippen molar-refractivity contribution in [3.05, 3.63) is 27.1 Å². The van der Waals surface area contributed by atoms with Crippen LogP contribution in [-0.4, -0.2) is 34.1 Å². The lowest BCUT2D eigenvalue weighted by Crippen LogP contribution is -2.56. The van der Waals surface area contributed by atoms with Crippen LogP contribution in [0.15, 0.2) is 11.1 Å². The van der Waals surface area contributed by atoms with Gasteiger partial charge in [-0.15, -0.1) is 11.3 Å². The summed E-state index contributed by atoms with van der Waals surface area (Å²) < 4.78 is 6.33. The number of carbonyl (C=O) groups excluding carboxylic acids is 2. The third kappa shape index (κ3) is 2.95. The zero-order valence-corrected chi connectivity index (χ0v) is 15.4. The van der Waals surface area contributed by atoms with Gasteiger partial charge in [-0.2, -0.15) is 0 Å². The lowest BCUT2D eigenvalue weighted by Gasteiger charge is -2.35. The standard InChI is InChI=1S/C17H21N3O4S/c1-10-11-14(18-9-20(2)15(11)22)25-12(10)13(21)19-17(16(23)24-3)7-5-4-6-8-17/h9H,4-8H2,1-3H3,(H,19,21). The van der Waals surface area contributed by atoms with Crippen LogP contribution in [0.2, 0.25) is 0 Å². The number of methoxy groups -OCH3 is 1. The number of carbonyl (C=O) groups is 2. The number of nitrogens with one attached hydrogen (secondary N) is 1. The van der Waals surface area contributed by atoms with Gasteiger partial charge < -0.3 is 14.6 Å². The number of aromatic nitrogens is 2. The fraction of sp³-hybridized carbons (Fsp3) is 0.529. The van der Waals surface area contributed by atoms with Crippen LogP contribution >= 0.6 is 11.3 Å². The van der Waals surface area contributed by atoms with Gasteiger partial charge in [-0.25, -0.2) is 9.78 Å². The van der Waals surface area contributed by atoms with Gasteiger partial charge >= 0.3 is 5.97 Å². The van der Waals surface area contributed by atoms with Crippen molar-refractivity contribution in [1.82, 2.24) is 14.9 Å². The minimum atomic E-state index is -0.981. The minimum absolute atomic E-state index is 0.182. The Morgan fingerprint density at radius 2 is 2.00 bits per heavy atom. The van der Waals surface area contributed by atoms with Crippen LogP contribution in [0.3, 0.4) is 0 Å². The van der Waals surface area contributed by atoms with E-state index in [9.17, 15) is 14.4 Å². The van der Waals surface area contributed by atoms with Gasteiger partial charge in [0.15, 0.2) is 0 Å². The fourth-order valence-corrected chi connectivity index (χ4v) is 4.46. The van der Waals surface area contributed by atoms with E-state index in [0.717, 1.165) is 19.3 Å².